The maximum absolute atomic E-state index is 13.2. The molecule has 2 atom stereocenters. The first-order valence-electron chi connectivity index (χ1n) is 13.7. The third kappa shape index (κ3) is 7.98. The van der Waals surface area contributed by atoms with Gasteiger partial charge >= 0.3 is 6.09 Å². The number of aliphatic hydroxyl groups excluding tert-OH is 1. The van der Waals surface area contributed by atoms with Crippen LogP contribution < -0.4 is 10.6 Å². The summed E-state index contributed by atoms with van der Waals surface area (Å²) in [7, 11) is 1.26. The van der Waals surface area contributed by atoms with Gasteiger partial charge in [-0.2, -0.15) is 9.78 Å². The molecule has 45 heavy (non-hydrogen) atoms. The van der Waals surface area contributed by atoms with Gasteiger partial charge in [0.05, 0.1) is 37.1 Å². The highest BCUT2D eigenvalue weighted by Crippen LogP contribution is 2.30. The van der Waals surface area contributed by atoms with Crippen molar-refractivity contribution in [2.75, 3.05) is 25.5 Å². The molecule has 0 aliphatic carbocycles. The minimum atomic E-state index is -0.894. The van der Waals surface area contributed by atoms with Gasteiger partial charge < -0.3 is 20.1 Å². The average molecular weight is 652 g/mol. The fourth-order valence-corrected chi connectivity index (χ4v) is 5.07. The van der Waals surface area contributed by atoms with E-state index >= 15 is 0 Å². The summed E-state index contributed by atoms with van der Waals surface area (Å²) in [5.74, 6) is -0.790. The number of hydrogen-bond acceptors (Lipinski definition) is 10. The first kappa shape index (κ1) is 31.5. The van der Waals surface area contributed by atoms with Gasteiger partial charge in [-0.3, -0.25) is 14.9 Å². The summed E-state index contributed by atoms with van der Waals surface area (Å²) < 4.78 is 6.05. The minimum Gasteiger partial charge on any atom is -0.453 e. The number of benzene rings is 2. The Morgan fingerprint density at radius 3 is 2.62 bits per heavy atom. The van der Waals surface area contributed by atoms with Crippen LogP contribution >= 0.6 is 23.2 Å². The Bertz CT molecular complexity index is 1720. The number of amides is 3. The number of halogens is 2. The molecule has 0 radical (unpaired) electrons. The van der Waals surface area contributed by atoms with E-state index in [1.165, 1.54) is 24.2 Å². The molecule has 1 aliphatic rings. The summed E-state index contributed by atoms with van der Waals surface area (Å²) in [6.07, 6.45) is 3.38. The standard InChI is InChI=1S/C29H27Cl2N9O5/c1-45-29(44)33-20-6-2-17(3-7-20)22-13-24(35-36-28(22)31)23(14-27(43)39-11-10-21(41)15-39)34-26(42)9-4-18-12-19(30)5-8-25(18)40-16-32-37-38-40/h2-9,12-13,16,21,23,41H,10-11,14-15H2,1H3,(H,33,44)(H,34,42). The fraction of sp³-hybridized carbons (Fsp3) is 0.241. The number of nitrogens with zero attached hydrogens (tertiary/aromatic N) is 7. The van der Waals surface area contributed by atoms with Crippen molar-refractivity contribution in [3.8, 4) is 16.8 Å². The number of nitrogens with one attached hydrogen (secondary N) is 2. The van der Waals surface area contributed by atoms with Gasteiger partial charge in [-0.15, -0.1) is 10.2 Å². The van der Waals surface area contributed by atoms with Crippen molar-refractivity contribution in [3.63, 3.8) is 0 Å². The molecular weight excluding hydrogens is 625 g/mol. The van der Waals surface area contributed by atoms with Crippen LogP contribution in [0.25, 0.3) is 22.9 Å². The second-order valence-corrected chi connectivity index (χ2v) is 10.8. The molecule has 232 valence electrons. The topological polar surface area (TPSA) is 177 Å². The Morgan fingerprint density at radius 1 is 1.13 bits per heavy atom. The van der Waals surface area contributed by atoms with Gasteiger partial charge in [-0.05, 0) is 64.9 Å². The lowest BCUT2D eigenvalue weighted by Gasteiger charge is -2.22. The maximum Gasteiger partial charge on any atom is 0.411 e. The van der Waals surface area contributed by atoms with Crippen LogP contribution in [0, 0.1) is 0 Å². The summed E-state index contributed by atoms with van der Waals surface area (Å²) in [6, 6.07) is 12.6. The Hall–Kier alpha value is -4.92. The van der Waals surface area contributed by atoms with Crippen LogP contribution in [0.1, 0.15) is 30.1 Å². The molecule has 14 nitrogen and oxygen atoms in total. The molecule has 1 saturated heterocycles. The third-order valence-electron chi connectivity index (χ3n) is 6.96. The van der Waals surface area contributed by atoms with Gasteiger partial charge in [0.1, 0.15) is 6.33 Å². The van der Waals surface area contributed by atoms with E-state index in [-0.39, 0.29) is 29.7 Å². The number of ether oxygens (including phenoxy) is 1. The monoisotopic (exact) mass is 651 g/mol. The first-order chi connectivity index (χ1) is 21.7. The zero-order valence-electron chi connectivity index (χ0n) is 23.8. The van der Waals surface area contributed by atoms with Gasteiger partial charge in [0.15, 0.2) is 5.15 Å². The second kappa shape index (κ2) is 14.2. The summed E-state index contributed by atoms with van der Waals surface area (Å²) >= 11 is 12.6. The Balaban J connectivity index is 1.41. The molecule has 0 bridgehead atoms. The average Bonchev–Trinajstić information content (AvgIpc) is 3.73. The molecule has 4 aromatic rings. The molecular formula is C29H27Cl2N9O5. The van der Waals surface area contributed by atoms with Crippen molar-refractivity contribution in [2.45, 2.75) is 25.0 Å². The van der Waals surface area contributed by atoms with Crippen molar-refractivity contribution >= 4 is 52.9 Å². The van der Waals surface area contributed by atoms with Crippen molar-refractivity contribution in [1.29, 1.82) is 0 Å². The van der Waals surface area contributed by atoms with Gasteiger partial charge in [0, 0.05) is 41.0 Å². The number of carbonyl (C=O) groups excluding carboxylic acids is 3. The van der Waals surface area contributed by atoms with Gasteiger partial charge in [-0.25, -0.2) is 4.79 Å². The number of methoxy groups -OCH3 is 1. The highest BCUT2D eigenvalue weighted by atomic mass is 35.5. The van der Waals surface area contributed by atoms with Crippen LogP contribution in [0.15, 0.2) is 60.9 Å². The summed E-state index contributed by atoms with van der Waals surface area (Å²) in [4.78, 5) is 39.5. The second-order valence-electron chi connectivity index (χ2n) is 10.0. The molecule has 0 spiro atoms. The van der Waals surface area contributed by atoms with E-state index in [0.717, 1.165) is 0 Å². The van der Waals surface area contributed by atoms with Crippen LogP contribution in [0.5, 0.6) is 0 Å². The molecule has 1 fully saturated rings. The minimum absolute atomic E-state index is 0.0995. The highest BCUT2D eigenvalue weighted by Gasteiger charge is 2.28. The van der Waals surface area contributed by atoms with Crippen LogP contribution in [-0.2, 0) is 14.3 Å². The van der Waals surface area contributed by atoms with E-state index in [4.69, 9.17) is 23.2 Å². The van der Waals surface area contributed by atoms with Gasteiger partial charge in [0.25, 0.3) is 0 Å². The number of β-amino-alcohol motifs (C(OH)–C–C–N with tert-alkyl or cyclic N) is 1. The number of rotatable bonds is 9. The lowest BCUT2D eigenvalue weighted by atomic mass is 10.0. The van der Waals surface area contributed by atoms with E-state index in [2.05, 4.69) is 41.1 Å². The lowest BCUT2D eigenvalue weighted by Crippen LogP contribution is -2.35. The number of aromatic nitrogens is 6. The van der Waals surface area contributed by atoms with Crippen molar-refractivity contribution < 1.29 is 24.2 Å². The number of aliphatic hydroxyl groups is 1. The lowest BCUT2D eigenvalue weighted by molar-refractivity contribution is -0.131. The molecule has 16 heteroatoms. The normalized spacial score (nSPS) is 15.2. The summed E-state index contributed by atoms with van der Waals surface area (Å²) in [5, 5.41) is 35.4. The van der Waals surface area contributed by atoms with Crippen molar-refractivity contribution in [2.24, 2.45) is 0 Å². The molecule has 0 saturated carbocycles. The van der Waals surface area contributed by atoms with Crippen LogP contribution in [-0.4, -0.2) is 84.6 Å². The van der Waals surface area contributed by atoms with E-state index in [1.54, 1.807) is 59.5 Å². The van der Waals surface area contributed by atoms with Crippen LogP contribution in [0.3, 0.4) is 0 Å². The fourth-order valence-electron chi connectivity index (χ4n) is 4.69. The number of hydrogen-bond donors (Lipinski definition) is 3. The molecule has 2 unspecified atom stereocenters. The van der Waals surface area contributed by atoms with E-state index in [9.17, 15) is 19.5 Å². The largest absolute Gasteiger partial charge is 0.453 e. The predicted octanol–water partition coefficient (Wildman–Crippen LogP) is 3.46. The number of carbonyl (C=O) groups is 3. The Morgan fingerprint density at radius 2 is 1.93 bits per heavy atom. The molecule has 2 aromatic heterocycles. The molecule has 3 N–H and O–H groups in total. The zero-order valence-corrected chi connectivity index (χ0v) is 25.3. The number of tetrazole rings is 1. The van der Waals surface area contributed by atoms with Crippen LogP contribution in [0.2, 0.25) is 10.2 Å². The highest BCUT2D eigenvalue weighted by molar-refractivity contribution is 6.32. The quantitative estimate of drug-likeness (QED) is 0.227. The molecule has 3 amide bonds. The number of likely N-dealkylation sites (tertiary alicyclic amines) is 1. The number of anilines is 1. The third-order valence-corrected chi connectivity index (χ3v) is 7.48. The molecule has 3 heterocycles. The van der Waals surface area contributed by atoms with Gasteiger partial charge in [-0.1, -0.05) is 35.3 Å². The van der Waals surface area contributed by atoms with Crippen molar-refractivity contribution in [1.82, 2.24) is 40.6 Å². The van der Waals surface area contributed by atoms with E-state index in [1.807, 2.05) is 0 Å². The van der Waals surface area contributed by atoms with Crippen LogP contribution in [0.4, 0.5) is 10.5 Å². The van der Waals surface area contributed by atoms with E-state index in [0.29, 0.717) is 46.1 Å². The molecule has 1 aliphatic heterocycles. The maximum atomic E-state index is 13.2. The zero-order chi connectivity index (χ0) is 31.9. The van der Waals surface area contributed by atoms with E-state index < -0.39 is 24.1 Å². The Labute approximate surface area is 267 Å². The molecule has 2 aromatic carbocycles. The summed E-state index contributed by atoms with van der Waals surface area (Å²) in [6.45, 7) is 0.607. The smallest absolute Gasteiger partial charge is 0.411 e. The van der Waals surface area contributed by atoms with Crippen molar-refractivity contribution in [3.05, 3.63) is 82.4 Å². The first-order valence-corrected chi connectivity index (χ1v) is 14.4. The van der Waals surface area contributed by atoms with Gasteiger partial charge in [0.2, 0.25) is 11.8 Å². The Kier molecular flexibility index (Phi) is 9.97. The SMILES string of the molecule is COC(=O)Nc1ccc(-c2cc(C(CC(=O)N3CCC(O)C3)NC(=O)C=Cc3cc(Cl)ccc3-n3cnnn3)nnc2Cl)cc1. The predicted molar refractivity (Wildman–Crippen MR) is 164 cm³/mol. The molecule has 5 rings (SSSR count). The summed E-state index contributed by atoms with van der Waals surface area (Å²) in [5.41, 5.74) is 3.10.